The Bertz CT molecular complexity index is 580. The van der Waals surface area contributed by atoms with Crippen LogP contribution in [0.5, 0.6) is 0 Å². The summed E-state index contributed by atoms with van der Waals surface area (Å²) in [6.45, 7) is 4.97. The first kappa shape index (κ1) is 16.0. The molecule has 0 aromatic heterocycles. The molecule has 0 radical (unpaired) electrons. The van der Waals surface area contributed by atoms with Crippen LogP contribution in [0.25, 0.3) is 0 Å². The molecule has 22 heavy (non-hydrogen) atoms. The molecule has 116 valence electrons. The number of anilines is 1. The number of benzene rings is 1. The Kier molecular flexibility index (Phi) is 5.50. The van der Waals surface area contributed by atoms with E-state index in [-0.39, 0.29) is 11.6 Å². The number of hydrogen-bond acceptors (Lipinski definition) is 5. The lowest BCUT2D eigenvalue weighted by Crippen LogP contribution is -2.49. The Morgan fingerprint density at radius 3 is 2.45 bits per heavy atom. The van der Waals surface area contributed by atoms with Gasteiger partial charge in [0, 0.05) is 26.2 Å². The largest absolute Gasteiger partial charge is 0.334 e. The van der Waals surface area contributed by atoms with E-state index in [2.05, 4.69) is 22.4 Å². The molecule has 0 unspecified atom stereocenters. The Morgan fingerprint density at radius 1 is 1.27 bits per heavy atom. The molecule has 1 amide bonds. The molecule has 1 N–H and O–H groups in total. The molecule has 1 aliphatic rings. The monoisotopic (exact) mass is 299 g/mol. The molecule has 1 aromatic rings. The van der Waals surface area contributed by atoms with Crippen molar-refractivity contribution < 1.29 is 4.79 Å². The first-order chi connectivity index (χ1) is 10.6. The van der Waals surface area contributed by atoms with Gasteiger partial charge in [0.2, 0.25) is 5.71 Å². The zero-order valence-corrected chi connectivity index (χ0v) is 13.0. The molecule has 1 aromatic carbocycles. The van der Waals surface area contributed by atoms with Crippen LogP contribution in [0, 0.1) is 11.3 Å². The van der Waals surface area contributed by atoms with Crippen molar-refractivity contribution >= 4 is 17.3 Å². The minimum atomic E-state index is -0.312. The highest BCUT2D eigenvalue weighted by molar-refractivity contribution is 6.45. The first-order valence-corrected chi connectivity index (χ1v) is 7.44. The summed E-state index contributed by atoms with van der Waals surface area (Å²) in [5, 5.41) is 13.1. The smallest absolute Gasteiger partial charge is 0.285 e. The molecular formula is C16H21N5O. The van der Waals surface area contributed by atoms with Crippen LogP contribution in [0.4, 0.5) is 5.69 Å². The Labute approximate surface area is 131 Å². The van der Waals surface area contributed by atoms with Crippen molar-refractivity contribution in [3.8, 4) is 6.07 Å². The van der Waals surface area contributed by atoms with E-state index in [1.54, 1.807) is 4.90 Å². The van der Waals surface area contributed by atoms with Gasteiger partial charge in [-0.3, -0.25) is 10.2 Å². The van der Waals surface area contributed by atoms with Crippen LogP contribution < -0.4 is 5.43 Å². The third kappa shape index (κ3) is 4.06. The van der Waals surface area contributed by atoms with Crippen LogP contribution in [0.15, 0.2) is 29.4 Å². The van der Waals surface area contributed by atoms with Gasteiger partial charge in [-0.15, -0.1) is 0 Å². The molecular weight excluding hydrogens is 278 g/mol. The fraction of sp³-hybridized carbons (Fsp3) is 0.438. The minimum Gasteiger partial charge on any atom is -0.334 e. The van der Waals surface area contributed by atoms with Crippen molar-refractivity contribution in [2.75, 3.05) is 38.7 Å². The number of aryl methyl sites for hydroxylation is 1. The first-order valence-electron chi connectivity index (χ1n) is 7.44. The van der Waals surface area contributed by atoms with Gasteiger partial charge in [-0.25, -0.2) is 0 Å². The second-order valence-electron chi connectivity index (χ2n) is 5.33. The summed E-state index contributed by atoms with van der Waals surface area (Å²) in [6.07, 6.45) is 0.967. The molecule has 0 spiro atoms. The van der Waals surface area contributed by atoms with Crippen molar-refractivity contribution in [2.24, 2.45) is 5.10 Å². The van der Waals surface area contributed by atoms with E-state index in [9.17, 15) is 4.79 Å². The van der Waals surface area contributed by atoms with Gasteiger partial charge in [0.15, 0.2) is 0 Å². The number of rotatable bonds is 4. The van der Waals surface area contributed by atoms with E-state index in [1.165, 1.54) is 5.56 Å². The standard InChI is InChI=1S/C16H21N5O/c1-3-13-4-6-14(7-5-13)18-19-15(12-17)16(22)21-10-8-20(2)9-11-21/h4-7,18H,3,8-11H2,1-2H3/b19-15+. The number of nitrogens with one attached hydrogen (secondary N) is 1. The highest BCUT2D eigenvalue weighted by Gasteiger charge is 2.23. The van der Waals surface area contributed by atoms with Crippen molar-refractivity contribution in [3.63, 3.8) is 0 Å². The lowest BCUT2D eigenvalue weighted by molar-refractivity contribution is -0.125. The summed E-state index contributed by atoms with van der Waals surface area (Å²) < 4.78 is 0. The summed E-state index contributed by atoms with van der Waals surface area (Å²) in [4.78, 5) is 16.1. The third-order valence-electron chi connectivity index (χ3n) is 3.76. The lowest BCUT2D eigenvalue weighted by Gasteiger charge is -2.31. The second-order valence-corrected chi connectivity index (χ2v) is 5.33. The number of likely N-dealkylation sites (N-methyl/N-ethyl adjacent to an activating group) is 1. The molecule has 0 bridgehead atoms. The van der Waals surface area contributed by atoms with Gasteiger partial charge in [0.25, 0.3) is 5.91 Å². The van der Waals surface area contributed by atoms with Crippen LogP contribution in [0.3, 0.4) is 0 Å². The van der Waals surface area contributed by atoms with Crippen LogP contribution in [-0.2, 0) is 11.2 Å². The van der Waals surface area contributed by atoms with Gasteiger partial charge >= 0.3 is 0 Å². The molecule has 2 rings (SSSR count). The summed E-state index contributed by atoms with van der Waals surface area (Å²) in [7, 11) is 2.02. The van der Waals surface area contributed by atoms with Gasteiger partial charge in [0.1, 0.15) is 6.07 Å². The molecule has 6 heteroatoms. The highest BCUT2D eigenvalue weighted by Crippen LogP contribution is 2.10. The summed E-state index contributed by atoms with van der Waals surface area (Å²) in [5.41, 5.74) is 4.66. The van der Waals surface area contributed by atoms with E-state index in [4.69, 9.17) is 5.26 Å². The predicted octanol–water partition coefficient (Wildman–Crippen LogP) is 1.31. The molecule has 0 saturated carbocycles. The second kappa shape index (κ2) is 7.57. The molecule has 0 atom stereocenters. The Balaban J connectivity index is 2.00. The van der Waals surface area contributed by atoms with Crippen molar-refractivity contribution in [3.05, 3.63) is 29.8 Å². The average Bonchev–Trinajstić information content (AvgIpc) is 2.56. The lowest BCUT2D eigenvalue weighted by atomic mass is 10.2. The van der Waals surface area contributed by atoms with Gasteiger partial charge in [0.05, 0.1) is 5.69 Å². The molecule has 1 aliphatic heterocycles. The minimum absolute atomic E-state index is 0.107. The van der Waals surface area contributed by atoms with Crippen LogP contribution in [-0.4, -0.2) is 54.6 Å². The molecule has 0 aliphatic carbocycles. The molecule has 6 nitrogen and oxygen atoms in total. The molecule has 1 fully saturated rings. The van der Waals surface area contributed by atoms with Crippen LogP contribution in [0.1, 0.15) is 12.5 Å². The van der Waals surface area contributed by atoms with E-state index < -0.39 is 0 Å². The molecule has 1 heterocycles. The van der Waals surface area contributed by atoms with Crippen molar-refractivity contribution in [1.29, 1.82) is 5.26 Å². The third-order valence-corrected chi connectivity index (χ3v) is 3.76. The van der Waals surface area contributed by atoms with E-state index in [1.807, 2.05) is 37.4 Å². The number of nitrogens with zero attached hydrogens (tertiary/aromatic N) is 4. The maximum atomic E-state index is 12.3. The van der Waals surface area contributed by atoms with E-state index in [0.29, 0.717) is 13.1 Å². The van der Waals surface area contributed by atoms with E-state index in [0.717, 1.165) is 25.2 Å². The zero-order chi connectivity index (χ0) is 15.9. The fourth-order valence-electron chi connectivity index (χ4n) is 2.22. The fourth-order valence-corrected chi connectivity index (χ4v) is 2.22. The zero-order valence-electron chi connectivity index (χ0n) is 13.0. The maximum Gasteiger partial charge on any atom is 0.285 e. The summed E-state index contributed by atoms with van der Waals surface area (Å²) >= 11 is 0. The van der Waals surface area contributed by atoms with Crippen molar-refractivity contribution in [1.82, 2.24) is 9.80 Å². The number of carbonyl (C=O) groups is 1. The quantitative estimate of drug-likeness (QED) is 0.672. The van der Waals surface area contributed by atoms with Crippen LogP contribution in [0.2, 0.25) is 0 Å². The average molecular weight is 299 g/mol. The van der Waals surface area contributed by atoms with Crippen molar-refractivity contribution in [2.45, 2.75) is 13.3 Å². The van der Waals surface area contributed by atoms with Gasteiger partial charge < -0.3 is 9.80 Å². The number of carbonyl (C=O) groups excluding carboxylic acids is 1. The van der Waals surface area contributed by atoms with Gasteiger partial charge in [-0.2, -0.15) is 10.4 Å². The summed E-state index contributed by atoms with van der Waals surface area (Å²) in [5.74, 6) is -0.312. The Morgan fingerprint density at radius 2 is 1.91 bits per heavy atom. The number of hydrogen-bond donors (Lipinski definition) is 1. The number of piperazine rings is 1. The number of amides is 1. The molecule has 1 saturated heterocycles. The number of hydrazone groups is 1. The van der Waals surface area contributed by atoms with E-state index >= 15 is 0 Å². The highest BCUT2D eigenvalue weighted by atomic mass is 16.2. The Hall–Kier alpha value is -2.39. The van der Waals surface area contributed by atoms with Crippen LogP contribution >= 0.6 is 0 Å². The van der Waals surface area contributed by atoms with Gasteiger partial charge in [-0.05, 0) is 31.2 Å². The van der Waals surface area contributed by atoms with Gasteiger partial charge in [-0.1, -0.05) is 19.1 Å². The normalized spacial score (nSPS) is 16.2. The predicted molar refractivity (Wildman–Crippen MR) is 86.6 cm³/mol. The SMILES string of the molecule is CCc1ccc(N/N=C(\C#N)C(=O)N2CCN(C)CC2)cc1. The maximum absolute atomic E-state index is 12.3. The summed E-state index contributed by atoms with van der Waals surface area (Å²) in [6, 6.07) is 9.64. The number of nitriles is 1. The topological polar surface area (TPSA) is 71.7 Å².